The van der Waals surface area contributed by atoms with Crippen LogP contribution in [-0.4, -0.2) is 32.5 Å². The van der Waals surface area contributed by atoms with E-state index in [0.717, 1.165) is 19.1 Å². The number of hydrogen-bond acceptors (Lipinski definition) is 5. The number of ketones is 1. The van der Waals surface area contributed by atoms with Crippen LogP contribution in [0.4, 0.5) is 5.69 Å². The number of Topliss-reactive ketones (excluding diaryl/α,β-unsaturated/α-hetero) is 1. The first-order valence-corrected chi connectivity index (χ1v) is 9.63. The Hall–Kier alpha value is -2.15. The molecule has 2 atom stereocenters. The van der Waals surface area contributed by atoms with E-state index < -0.39 is 16.1 Å². The first kappa shape index (κ1) is 18.2. The van der Waals surface area contributed by atoms with Gasteiger partial charge in [0.2, 0.25) is 15.8 Å². The van der Waals surface area contributed by atoms with E-state index in [0.29, 0.717) is 17.7 Å². The van der Waals surface area contributed by atoms with Crippen LogP contribution in [0.15, 0.2) is 36.4 Å². The number of carbonyl (C=O) groups excluding carboxylic acids is 2. The highest BCUT2D eigenvalue weighted by atomic mass is 32.2. The molecule has 1 aromatic carbocycles. The second kappa shape index (κ2) is 7.61. The van der Waals surface area contributed by atoms with Gasteiger partial charge in [0.15, 0.2) is 6.10 Å². The number of nitrogens with one attached hydrogen (secondary N) is 1. The van der Waals surface area contributed by atoms with Crippen LogP contribution >= 0.6 is 0 Å². The predicted molar refractivity (Wildman–Crippen MR) is 91.3 cm³/mol. The normalized spacial score (nSPS) is 18.7. The Labute approximate surface area is 141 Å². The van der Waals surface area contributed by atoms with Gasteiger partial charge in [-0.3, -0.25) is 14.3 Å². The molecule has 0 amide bonds. The first-order valence-electron chi connectivity index (χ1n) is 7.74. The molecule has 0 heterocycles. The van der Waals surface area contributed by atoms with E-state index in [2.05, 4.69) is 4.72 Å². The molecule has 6 nitrogen and oxygen atoms in total. The average Bonchev–Trinajstić information content (AvgIpc) is 2.54. The summed E-state index contributed by atoms with van der Waals surface area (Å²) >= 11 is 0. The lowest BCUT2D eigenvalue weighted by Crippen LogP contribution is -2.28. The van der Waals surface area contributed by atoms with Crippen LogP contribution in [0.2, 0.25) is 0 Å². The lowest BCUT2D eigenvalue weighted by Gasteiger charge is -2.19. The molecular weight excluding hydrogens is 330 g/mol. The van der Waals surface area contributed by atoms with E-state index in [1.54, 1.807) is 6.92 Å². The van der Waals surface area contributed by atoms with Crippen molar-refractivity contribution in [2.45, 2.75) is 32.3 Å². The molecule has 1 aromatic rings. The number of esters is 1. The number of rotatable bonds is 6. The number of hydrogen-bond donors (Lipinski definition) is 1. The van der Waals surface area contributed by atoms with Crippen molar-refractivity contribution in [2.75, 3.05) is 11.0 Å². The number of sulfonamides is 1. The molecule has 0 unspecified atom stereocenters. The summed E-state index contributed by atoms with van der Waals surface area (Å²) < 4.78 is 29.9. The van der Waals surface area contributed by atoms with Crippen LogP contribution in [-0.2, 0) is 19.6 Å². The van der Waals surface area contributed by atoms with Gasteiger partial charge in [0.05, 0.1) is 12.2 Å². The van der Waals surface area contributed by atoms with Crippen molar-refractivity contribution in [2.24, 2.45) is 5.92 Å². The minimum absolute atomic E-state index is 0.188. The Balaban J connectivity index is 1.97. The van der Waals surface area contributed by atoms with Crippen molar-refractivity contribution in [3.05, 3.63) is 42.0 Å². The summed E-state index contributed by atoms with van der Waals surface area (Å²) in [7, 11) is -3.36. The van der Waals surface area contributed by atoms with Gasteiger partial charge in [0.25, 0.3) is 0 Å². The van der Waals surface area contributed by atoms with E-state index >= 15 is 0 Å². The van der Waals surface area contributed by atoms with Gasteiger partial charge in [0.1, 0.15) is 0 Å². The minimum atomic E-state index is -3.36. The Bertz CT molecular complexity index is 737. The van der Waals surface area contributed by atoms with Crippen molar-refractivity contribution in [1.82, 2.24) is 0 Å². The van der Waals surface area contributed by atoms with Crippen LogP contribution in [0.3, 0.4) is 0 Å². The van der Waals surface area contributed by atoms with Gasteiger partial charge < -0.3 is 4.74 Å². The molecule has 1 N–H and O–H groups in total. The van der Waals surface area contributed by atoms with E-state index in [9.17, 15) is 18.0 Å². The van der Waals surface area contributed by atoms with Gasteiger partial charge in [0, 0.05) is 11.3 Å². The van der Waals surface area contributed by atoms with Crippen molar-refractivity contribution < 1.29 is 22.7 Å². The van der Waals surface area contributed by atoms with Crippen molar-refractivity contribution in [1.29, 1.82) is 0 Å². The highest BCUT2D eigenvalue weighted by molar-refractivity contribution is 7.92. The quantitative estimate of drug-likeness (QED) is 0.483. The molecule has 0 saturated heterocycles. The molecule has 1 aliphatic carbocycles. The molecule has 1 aliphatic rings. The fraction of sp³-hybridized carbons (Fsp3) is 0.412. The topological polar surface area (TPSA) is 89.5 Å². The van der Waals surface area contributed by atoms with Gasteiger partial charge in [-0.25, -0.2) is 8.42 Å². The Morgan fingerprint density at radius 3 is 2.42 bits per heavy atom. The Morgan fingerprint density at radius 2 is 1.88 bits per heavy atom. The van der Waals surface area contributed by atoms with Crippen molar-refractivity contribution in [3.63, 3.8) is 0 Å². The van der Waals surface area contributed by atoms with Crippen LogP contribution in [0, 0.1) is 5.92 Å². The Morgan fingerprint density at radius 1 is 1.21 bits per heavy atom. The fourth-order valence-electron chi connectivity index (χ4n) is 2.48. The lowest BCUT2D eigenvalue weighted by atomic mass is 9.94. The third-order valence-corrected chi connectivity index (χ3v) is 4.34. The maximum absolute atomic E-state index is 12.3. The summed E-state index contributed by atoms with van der Waals surface area (Å²) in [5.41, 5.74) is 0.727. The molecule has 130 valence electrons. The molecule has 0 aliphatic heterocycles. The summed E-state index contributed by atoms with van der Waals surface area (Å²) in [5.74, 6) is -0.859. The molecule has 24 heavy (non-hydrogen) atoms. The Kier molecular flexibility index (Phi) is 5.77. The summed E-state index contributed by atoms with van der Waals surface area (Å²) in [6.07, 6.45) is 6.38. The monoisotopic (exact) mass is 351 g/mol. The second-order valence-electron chi connectivity index (χ2n) is 5.88. The van der Waals surface area contributed by atoms with Gasteiger partial charge >= 0.3 is 5.97 Å². The third-order valence-electron chi connectivity index (χ3n) is 3.74. The van der Waals surface area contributed by atoms with Crippen molar-refractivity contribution >= 4 is 27.5 Å². The molecule has 2 rings (SSSR count). The van der Waals surface area contributed by atoms with Gasteiger partial charge in [-0.1, -0.05) is 12.2 Å². The second-order valence-corrected chi connectivity index (χ2v) is 7.62. The SMILES string of the molecule is C[C@@H](OC(=O)[C@H]1CC=CCC1)C(=O)c1ccc(NS(C)(=O)=O)cc1. The minimum Gasteiger partial charge on any atom is -0.454 e. The van der Waals surface area contributed by atoms with Crippen LogP contribution in [0.1, 0.15) is 36.5 Å². The van der Waals surface area contributed by atoms with Gasteiger partial charge in [-0.05, 0) is 50.5 Å². The van der Waals surface area contributed by atoms with E-state index in [1.807, 2.05) is 12.2 Å². The summed E-state index contributed by atoms with van der Waals surface area (Å²) in [6, 6.07) is 6.00. The van der Waals surface area contributed by atoms with Crippen molar-refractivity contribution in [3.8, 4) is 0 Å². The molecule has 0 spiro atoms. The molecular formula is C17H21NO5S. The summed E-state index contributed by atoms with van der Waals surface area (Å²) in [5, 5.41) is 0. The third kappa shape index (κ3) is 5.19. The standard InChI is InChI=1S/C17H21NO5S/c1-12(23-17(20)14-6-4-3-5-7-14)16(19)13-8-10-15(11-9-13)18-24(2,21)22/h3-4,8-12,14,18H,5-7H2,1-2H3/t12-,14+/m1/s1. The van der Waals surface area contributed by atoms with Crippen LogP contribution in [0.5, 0.6) is 0 Å². The van der Waals surface area contributed by atoms with Gasteiger partial charge in [-0.2, -0.15) is 0 Å². The number of ether oxygens (including phenoxy) is 1. The number of carbonyl (C=O) groups is 2. The highest BCUT2D eigenvalue weighted by Crippen LogP contribution is 2.21. The van der Waals surface area contributed by atoms with Crippen LogP contribution in [0.25, 0.3) is 0 Å². The van der Waals surface area contributed by atoms with E-state index in [-0.39, 0.29) is 17.7 Å². The predicted octanol–water partition coefficient (Wildman–Crippen LogP) is 2.53. The van der Waals surface area contributed by atoms with Crippen LogP contribution < -0.4 is 4.72 Å². The van der Waals surface area contributed by atoms with E-state index in [1.165, 1.54) is 24.3 Å². The largest absolute Gasteiger partial charge is 0.454 e. The molecule has 0 bridgehead atoms. The zero-order valence-corrected chi connectivity index (χ0v) is 14.5. The van der Waals surface area contributed by atoms with E-state index in [4.69, 9.17) is 4.74 Å². The summed E-state index contributed by atoms with van der Waals surface area (Å²) in [4.78, 5) is 24.4. The highest BCUT2D eigenvalue weighted by Gasteiger charge is 2.25. The zero-order chi connectivity index (χ0) is 17.7. The molecule has 0 aromatic heterocycles. The first-order chi connectivity index (χ1) is 11.3. The maximum atomic E-state index is 12.3. The van der Waals surface area contributed by atoms with Gasteiger partial charge in [-0.15, -0.1) is 0 Å². The molecule has 7 heteroatoms. The molecule has 0 radical (unpaired) electrons. The maximum Gasteiger partial charge on any atom is 0.309 e. The average molecular weight is 351 g/mol. The number of allylic oxidation sites excluding steroid dienone is 2. The summed E-state index contributed by atoms with van der Waals surface area (Å²) in [6.45, 7) is 1.54. The zero-order valence-electron chi connectivity index (χ0n) is 13.7. The fourth-order valence-corrected chi connectivity index (χ4v) is 3.05. The lowest BCUT2D eigenvalue weighted by molar-refractivity contribution is -0.151. The number of anilines is 1. The number of benzene rings is 1. The molecule has 0 saturated carbocycles. The smallest absolute Gasteiger partial charge is 0.309 e. The molecule has 0 fully saturated rings.